The molecule has 0 amide bonds. The molecule has 4 radical (unpaired) electrons. The van der Waals surface area contributed by atoms with E-state index >= 15 is 0 Å². The molecule has 2 aromatic rings. The molecule has 5 aliphatic rings. The second-order valence-corrected chi connectivity index (χ2v) is 37.5. The minimum absolute atomic E-state index is 0.0203. The highest BCUT2D eigenvalue weighted by Gasteiger charge is 2.53. The van der Waals surface area contributed by atoms with Gasteiger partial charge in [-0.1, -0.05) is 67.2 Å². The molecule has 0 atom stereocenters. The Morgan fingerprint density at radius 3 is 0.656 bits per heavy atom. The van der Waals surface area contributed by atoms with Crippen LogP contribution in [0.2, 0.25) is 0 Å². The van der Waals surface area contributed by atoms with Crippen LogP contribution in [0.5, 0.6) is 0 Å². The van der Waals surface area contributed by atoms with Gasteiger partial charge in [-0.15, -0.1) is 41.1 Å². The topological polar surface area (TPSA) is 207 Å². The molecule has 4 bridgehead atoms. The van der Waals surface area contributed by atoms with Gasteiger partial charge in [0.2, 0.25) is 35.7 Å². The number of aromatic nitrogens is 6. The van der Waals surface area contributed by atoms with E-state index in [4.69, 9.17) is 29.9 Å². The van der Waals surface area contributed by atoms with E-state index in [1.807, 2.05) is 0 Å². The van der Waals surface area contributed by atoms with Crippen LogP contribution in [0.1, 0.15) is 296 Å². The van der Waals surface area contributed by atoms with Crippen molar-refractivity contribution in [2.75, 3.05) is 56.4 Å². The Labute approximate surface area is 546 Å². The van der Waals surface area contributed by atoms with Gasteiger partial charge >= 0.3 is 0 Å². The van der Waals surface area contributed by atoms with E-state index in [2.05, 4.69) is 210 Å². The number of hydrogen-bond acceptors (Lipinski definition) is 16. The summed E-state index contributed by atoms with van der Waals surface area (Å²) in [7, 11) is 0. The van der Waals surface area contributed by atoms with E-state index in [-0.39, 0.29) is 46.1 Å². The van der Waals surface area contributed by atoms with Crippen molar-refractivity contribution in [3.8, 4) is 0 Å². The number of anilines is 6. The fourth-order valence-corrected chi connectivity index (χ4v) is 18.0. The van der Waals surface area contributed by atoms with Crippen LogP contribution in [0.3, 0.4) is 0 Å². The SMILES string of the molecule is CC(C)(C)CC(C)(C)Nc1nc2nc(n1)N(C1CC(C)(C)N([O])C(C)(C)C1)CCCCCCN(C1CC(C)(C)N([O])C(C)(C)C1)c1nc(NC(C)(C)CC(C)(C)C)nc(n1)N(C1CC(C)(C)N([O])C(C)(C)C1)CCCCCCN2C1CC(C)(C)N([O])C(C)(C)C1. The predicted octanol–water partition coefficient (Wildman–Crippen LogP) is 14.8. The van der Waals surface area contributed by atoms with Crippen LogP contribution >= 0.6 is 0 Å². The molecule has 0 unspecified atom stereocenters. The van der Waals surface area contributed by atoms with Crippen molar-refractivity contribution in [2.45, 2.75) is 375 Å². The maximum atomic E-state index is 14.1. The van der Waals surface area contributed by atoms with Crippen LogP contribution in [0.15, 0.2) is 0 Å². The van der Waals surface area contributed by atoms with Gasteiger partial charge in [0.1, 0.15) is 0 Å². The lowest BCUT2D eigenvalue weighted by molar-refractivity contribution is -0.289. The molecule has 90 heavy (non-hydrogen) atoms. The molecule has 4 fully saturated rings. The van der Waals surface area contributed by atoms with E-state index < -0.39 is 44.3 Å². The van der Waals surface area contributed by atoms with Gasteiger partial charge in [-0.25, -0.2) is 0 Å². The monoisotopic (exact) mass is 1260 g/mol. The molecule has 512 valence electrons. The van der Waals surface area contributed by atoms with Crippen molar-refractivity contribution in [3.05, 3.63) is 0 Å². The zero-order valence-corrected chi connectivity index (χ0v) is 61.8. The Morgan fingerprint density at radius 2 is 0.489 bits per heavy atom. The molecule has 0 aromatic carbocycles. The first kappa shape index (κ1) is 73.9. The number of rotatable bonds is 10. The fraction of sp³-hybridized carbons (Fsp3) is 0.914. The zero-order valence-electron chi connectivity index (χ0n) is 61.8. The number of fused-ring (bicyclic) bond motifs is 4. The van der Waals surface area contributed by atoms with Gasteiger partial charge in [-0.05, 0) is 239 Å². The highest BCUT2D eigenvalue weighted by atomic mass is 16.5. The summed E-state index contributed by atoms with van der Waals surface area (Å²) in [4.78, 5) is 42.8. The van der Waals surface area contributed by atoms with Crippen LogP contribution in [0.25, 0.3) is 0 Å². The van der Waals surface area contributed by atoms with Gasteiger partial charge in [-0.3, -0.25) is 0 Å². The minimum atomic E-state index is -0.644. The quantitative estimate of drug-likeness (QED) is 0.227. The van der Waals surface area contributed by atoms with E-state index in [9.17, 15) is 20.8 Å². The Hall–Kier alpha value is -3.50. The highest BCUT2D eigenvalue weighted by molar-refractivity contribution is 5.50. The molecule has 7 heterocycles. The summed E-state index contributed by atoms with van der Waals surface area (Å²) in [6.07, 6.45) is 14.0. The van der Waals surface area contributed by atoms with Gasteiger partial charge in [0.05, 0.1) is 0 Å². The van der Waals surface area contributed by atoms with Crippen molar-refractivity contribution >= 4 is 35.7 Å². The first-order valence-electron chi connectivity index (χ1n) is 34.9. The summed E-state index contributed by atoms with van der Waals surface area (Å²) in [5, 5.41) is 69.5. The molecule has 0 aliphatic carbocycles. The van der Waals surface area contributed by atoms with Crippen LogP contribution in [-0.2, 0) is 20.8 Å². The summed E-state index contributed by atoms with van der Waals surface area (Å²) in [6, 6.07) is -0.169. The van der Waals surface area contributed by atoms with Crippen LogP contribution in [0, 0.1) is 10.8 Å². The largest absolute Gasteiger partial charge is 0.349 e. The molecule has 20 nitrogen and oxygen atoms in total. The third kappa shape index (κ3) is 18.1. The predicted molar refractivity (Wildman–Crippen MR) is 364 cm³/mol. The summed E-state index contributed by atoms with van der Waals surface area (Å²) in [5.41, 5.74) is -5.86. The normalized spacial score (nSPS) is 25.6. The number of nitrogens with zero attached hydrogens (tertiary/aromatic N) is 14. The number of nitrogens with one attached hydrogen (secondary N) is 2. The lowest BCUT2D eigenvalue weighted by Gasteiger charge is -2.53. The van der Waals surface area contributed by atoms with Gasteiger partial charge in [0.25, 0.3) is 0 Å². The van der Waals surface area contributed by atoms with E-state index in [1.165, 1.54) is 20.3 Å². The maximum Gasteiger partial charge on any atom is 0.232 e. The lowest BCUT2D eigenvalue weighted by Crippen LogP contribution is -2.63. The van der Waals surface area contributed by atoms with Crippen molar-refractivity contribution in [3.63, 3.8) is 0 Å². The molecule has 2 N–H and O–H groups in total. The molecule has 0 saturated carbocycles. The van der Waals surface area contributed by atoms with Crippen molar-refractivity contribution < 1.29 is 20.8 Å². The molecule has 4 saturated heterocycles. The molecule has 5 aliphatic heterocycles. The number of piperidine rings is 4. The molecular weight excluding hydrogens is 1130 g/mol. The summed E-state index contributed by atoms with van der Waals surface area (Å²) in [5.74, 6) is 3.54. The van der Waals surface area contributed by atoms with Gasteiger partial charge in [0.15, 0.2) is 0 Å². The second-order valence-electron chi connectivity index (χ2n) is 37.5. The third-order valence-corrected chi connectivity index (χ3v) is 20.2. The first-order chi connectivity index (χ1) is 40.8. The van der Waals surface area contributed by atoms with Gasteiger partial charge in [0, 0.05) is 106 Å². The van der Waals surface area contributed by atoms with E-state index in [0.717, 1.165) is 64.2 Å². The zero-order chi connectivity index (χ0) is 67.6. The Morgan fingerprint density at radius 1 is 0.311 bits per heavy atom. The van der Waals surface area contributed by atoms with Crippen molar-refractivity contribution in [2.24, 2.45) is 10.8 Å². The average molecular weight is 1260 g/mol. The highest BCUT2D eigenvalue weighted by Crippen LogP contribution is 2.46. The van der Waals surface area contributed by atoms with Crippen LogP contribution in [-0.4, -0.2) is 156 Å². The standard InChI is InChI=1S/C70H128N16O4/c1-59(2,3)47-61(7,8)77-53-71-55-75-56(72-53)80(50-41-65(15,16)84(88)66(17,18)42-50)36-32-28-30-34-38-82(52-45-69(23,24)86(90)70(25,26)46-52)58-74-54(78-62(9,10)48-60(4,5)6)73-57(76-58)81(51-43-67(19,20)85(89)68(21,22)44-51)37-33-29-27-31-35-79(55)49-39-63(11,12)83(87)64(13,14)40-49/h49-52H,27-48H2,1-26H3,(H,71,72,75,77)(H,73,74,76,78). The van der Waals surface area contributed by atoms with E-state index in [1.54, 1.807) is 0 Å². The molecule has 7 rings (SSSR count). The second kappa shape index (κ2) is 26.3. The molecule has 2 aromatic heterocycles. The van der Waals surface area contributed by atoms with Crippen LogP contribution in [0.4, 0.5) is 35.7 Å². The summed E-state index contributed by atoms with van der Waals surface area (Å²) in [6.45, 7) is 58.5. The summed E-state index contributed by atoms with van der Waals surface area (Å²) < 4.78 is 0. The molecule has 20 heteroatoms. The maximum absolute atomic E-state index is 14.1. The first-order valence-corrected chi connectivity index (χ1v) is 34.9. The Balaban J connectivity index is 1.39. The van der Waals surface area contributed by atoms with Crippen molar-refractivity contribution in [1.29, 1.82) is 0 Å². The van der Waals surface area contributed by atoms with Crippen molar-refractivity contribution in [1.82, 2.24) is 50.2 Å². The average Bonchev–Trinajstić information content (AvgIpc) is 0.777. The third-order valence-electron chi connectivity index (χ3n) is 20.2. The smallest absolute Gasteiger partial charge is 0.232 e. The molecular formula is C70H128N16O4. The van der Waals surface area contributed by atoms with Gasteiger partial charge in [-0.2, -0.15) is 29.9 Å². The number of hydrogen-bond donors (Lipinski definition) is 2. The molecule has 0 spiro atoms. The van der Waals surface area contributed by atoms with E-state index in [0.29, 0.717) is 113 Å². The summed E-state index contributed by atoms with van der Waals surface area (Å²) >= 11 is 0. The fourth-order valence-electron chi connectivity index (χ4n) is 18.0. The minimum Gasteiger partial charge on any atom is -0.349 e. The Bertz CT molecular complexity index is 2310. The van der Waals surface area contributed by atoms with Gasteiger partial charge < -0.3 is 30.2 Å². The number of hydroxylamine groups is 8. The Kier molecular flexibility index (Phi) is 21.6. The van der Waals surface area contributed by atoms with Crippen LogP contribution < -0.4 is 30.2 Å². The lowest BCUT2D eigenvalue weighted by atomic mass is 9.78.